The first-order valence-electron chi connectivity index (χ1n) is 9.15. The molecule has 3 aromatic rings. The fraction of sp³-hybridized carbons (Fsp3) is 0.421. The van der Waals surface area contributed by atoms with Crippen LogP contribution in [0.1, 0.15) is 50.1 Å². The number of amides is 2. The van der Waals surface area contributed by atoms with Crippen molar-refractivity contribution in [2.45, 2.75) is 46.3 Å². The molecule has 9 nitrogen and oxygen atoms in total. The largest absolute Gasteiger partial charge is 0.337 e. The van der Waals surface area contributed by atoms with Gasteiger partial charge in [-0.25, -0.2) is 4.79 Å². The highest BCUT2D eigenvalue weighted by atomic mass is 16.5. The van der Waals surface area contributed by atoms with Gasteiger partial charge in [0.15, 0.2) is 5.82 Å². The summed E-state index contributed by atoms with van der Waals surface area (Å²) in [5.74, 6) is 1.57. The van der Waals surface area contributed by atoms with Crippen LogP contribution in [0.3, 0.4) is 0 Å². The molecule has 1 N–H and O–H groups in total. The van der Waals surface area contributed by atoms with Crippen molar-refractivity contribution in [3.8, 4) is 11.4 Å². The van der Waals surface area contributed by atoms with E-state index in [4.69, 9.17) is 4.52 Å². The van der Waals surface area contributed by atoms with Crippen LogP contribution in [-0.4, -0.2) is 42.9 Å². The molecule has 0 spiro atoms. The molecule has 0 bridgehead atoms. The monoisotopic (exact) mass is 383 g/mol. The van der Waals surface area contributed by atoms with Crippen LogP contribution in [0.2, 0.25) is 0 Å². The zero-order chi connectivity index (χ0) is 20.3. The zero-order valence-corrected chi connectivity index (χ0v) is 16.7. The number of urea groups is 1. The van der Waals surface area contributed by atoms with Crippen LogP contribution in [0.5, 0.6) is 0 Å². The summed E-state index contributed by atoms with van der Waals surface area (Å²) in [4.78, 5) is 18.5. The highest BCUT2D eigenvalue weighted by Gasteiger charge is 2.20. The summed E-state index contributed by atoms with van der Waals surface area (Å²) in [6.07, 6.45) is 1.67. The smallest absolute Gasteiger partial charge is 0.318 e. The minimum Gasteiger partial charge on any atom is -0.337 e. The van der Waals surface area contributed by atoms with Gasteiger partial charge in [-0.15, -0.1) is 10.2 Å². The lowest BCUT2D eigenvalue weighted by atomic mass is 10.1. The van der Waals surface area contributed by atoms with Gasteiger partial charge in [0.1, 0.15) is 12.4 Å². The van der Waals surface area contributed by atoms with Crippen molar-refractivity contribution >= 4 is 6.03 Å². The Bertz CT molecular complexity index is 930. The average Bonchev–Trinajstić information content (AvgIpc) is 3.31. The molecule has 0 aliphatic rings. The van der Waals surface area contributed by atoms with Crippen molar-refractivity contribution in [1.82, 2.24) is 35.1 Å². The van der Waals surface area contributed by atoms with Crippen molar-refractivity contribution in [2.24, 2.45) is 0 Å². The topological polar surface area (TPSA) is 102 Å². The number of carbonyl (C=O) groups is 1. The lowest BCUT2D eigenvalue weighted by Gasteiger charge is -2.20. The summed E-state index contributed by atoms with van der Waals surface area (Å²) in [6, 6.07) is 7.38. The maximum atomic E-state index is 12.5. The van der Waals surface area contributed by atoms with E-state index in [1.165, 1.54) is 4.90 Å². The van der Waals surface area contributed by atoms with Crippen molar-refractivity contribution in [3.05, 3.63) is 47.9 Å². The third-order valence-electron chi connectivity index (χ3n) is 4.39. The summed E-state index contributed by atoms with van der Waals surface area (Å²) < 4.78 is 7.26. The summed E-state index contributed by atoms with van der Waals surface area (Å²) in [5, 5.41) is 14.9. The number of nitrogens with zero attached hydrogens (tertiary/aromatic N) is 6. The van der Waals surface area contributed by atoms with E-state index in [0.717, 1.165) is 17.0 Å². The molecule has 148 valence electrons. The molecule has 0 aliphatic heterocycles. The maximum absolute atomic E-state index is 12.5. The minimum absolute atomic E-state index is 0.221. The van der Waals surface area contributed by atoms with Gasteiger partial charge in [-0.1, -0.05) is 35.0 Å². The summed E-state index contributed by atoms with van der Waals surface area (Å²) in [5.41, 5.74) is 2.02. The molecule has 2 amide bonds. The van der Waals surface area contributed by atoms with Crippen molar-refractivity contribution in [2.75, 3.05) is 7.05 Å². The molecular weight excluding hydrogens is 358 g/mol. The number of benzene rings is 1. The second kappa shape index (κ2) is 8.20. The molecule has 28 heavy (non-hydrogen) atoms. The molecule has 3 rings (SSSR count). The molecule has 0 saturated heterocycles. The molecule has 1 unspecified atom stereocenters. The Kier molecular flexibility index (Phi) is 5.72. The molecule has 0 fully saturated rings. The summed E-state index contributed by atoms with van der Waals surface area (Å²) in [6.45, 7) is 8.24. The Hall–Kier alpha value is -3.23. The molecule has 0 radical (unpaired) electrons. The van der Waals surface area contributed by atoms with Crippen molar-refractivity contribution in [3.63, 3.8) is 0 Å². The van der Waals surface area contributed by atoms with Crippen LogP contribution >= 0.6 is 0 Å². The molecule has 0 aliphatic carbocycles. The Labute approximate surface area is 163 Å². The van der Waals surface area contributed by atoms with E-state index in [1.807, 2.05) is 49.6 Å². The third kappa shape index (κ3) is 4.36. The van der Waals surface area contributed by atoms with Gasteiger partial charge in [-0.05, 0) is 27.7 Å². The third-order valence-corrected chi connectivity index (χ3v) is 4.39. The number of carbonyl (C=O) groups excluding carboxylic acids is 1. The van der Waals surface area contributed by atoms with E-state index in [0.29, 0.717) is 18.3 Å². The molecule has 9 heteroatoms. The standard InChI is InChI=1S/C19H25N7O2/c1-12(2)26-11-20-23-16(26)10-25(5)19(27)21-14(4)18-22-17(24-28-18)15-8-6-13(3)7-9-15/h6-9,11-12,14H,10H2,1-5H3,(H,21,27). The maximum Gasteiger partial charge on any atom is 0.318 e. The average molecular weight is 383 g/mol. The van der Waals surface area contributed by atoms with Crippen LogP contribution in [0.25, 0.3) is 11.4 Å². The molecule has 0 saturated carbocycles. The van der Waals surface area contributed by atoms with Crippen LogP contribution in [-0.2, 0) is 6.54 Å². The van der Waals surface area contributed by atoms with Crippen LogP contribution in [0, 0.1) is 6.92 Å². The number of rotatable bonds is 6. The van der Waals surface area contributed by atoms with Gasteiger partial charge in [0.05, 0.1) is 6.54 Å². The van der Waals surface area contributed by atoms with E-state index in [2.05, 4.69) is 25.7 Å². The number of hydrogen-bond acceptors (Lipinski definition) is 6. The summed E-state index contributed by atoms with van der Waals surface area (Å²) in [7, 11) is 1.70. The van der Waals surface area contributed by atoms with E-state index < -0.39 is 6.04 Å². The lowest BCUT2D eigenvalue weighted by Crippen LogP contribution is -2.38. The minimum atomic E-state index is -0.426. The summed E-state index contributed by atoms with van der Waals surface area (Å²) >= 11 is 0. The van der Waals surface area contributed by atoms with Gasteiger partial charge >= 0.3 is 6.03 Å². The van der Waals surface area contributed by atoms with Crippen molar-refractivity contribution in [1.29, 1.82) is 0 Å². The van der Waals surface area contributed by atoms with Gasteiger partial charge in [0, 0.05) is 18.7 Å². The van der Waals surface area contributed by atoms with Gasteiger partial charge in [-0.3, -0.25) is 0 Å². The van der Waals surface area contributed by atoms with Gasteiger partial charge in [0.25, 0.3) is 0 Å². The number of aromatic nitrogens is 5. The van der Waals surface area contributed by atoms with Gasteiger partial charge in [0.2, 0.25) is 11.7 Å². The SMILES string of the molecule is Cc1ccc(-c2noc(C(C)NC(=O)N(C)Cc3nncn3C(C)C)n2)cc1. The molecule has 1 atom stereocenters. The molecular formula is C19H25N7O2. The Balaban J connectivity index is 1.62. The van der Waals surface area contributed by atoms with E-state index in [-0.39, 0.29) is 12.1 Å². The van der Waals surface area contributed by atoms with Crippen molar-refractivity contribution < 1.29 is 9.32 Å². The fourth-order valence-corrected chi connectivity index (χ4v) is 2.68. The quantitative estimate of drug-likeness (QED) is 0.702. The lowest BCUT2D eigenvalue weighted by molar-refractivity contribution is 0.198. The Morgan fingerprint density at radius 3 is 2.64 bits per heavy atom. The molecule has 1 aromatic carbocycles. The second-order valence-electron chi connectivity index (χ2n) is 7.10. The first-order chi connectivity index (χ1) is 13.3. The molecule has 2 heterocycles. The Morgan fingerprint density at radius 2 is 1.96 bits per heavy atom. The van der Waals surface area contributed by atoms with Crippen LogP contribution < -0.4 is 5.32 Å². The molecule has 2 aromatic heterocycles. The van der Waals surface area contributed by atoms with Gasteiger partial charge in [-0.2, -0.15) is 4.98 Å². The first kappa shape index (κ1) is 19.5. The highest BCUT2D eigenvalue weighted by molar-refractivity contribution is 5.74. The van der Waals surface area contributed by atoms with Gasteiger partial charge < -0.3 is 19.3 Å². The van der Waals surface area contributed by atoms with Crippen LogP contribution in [0.4, 0.5) is 4.79 Å². The predicted octanol–water partition coefficient (Wildman–Crippen LogP) is 3.12. The second-order valence-corrected chi connectivity index (χ2v) is 7.10. The zero-order valence-electron chi connectivity index (χ0n) is 16.7. The number of aryl methyl sites for hydroxylation is 1. The predicted molar refractivity (Wildman–Crippen MR) is 103 cm³/mol. The fourth-order valence-electron chi connectivity index (χ4n) is 2.68. The van der Waals surface area contributed by atoms with E-state index in [9.17, 15) is 4.79 Å². The number of hydrogen-bond donors (Lipinski definition) is 1. The highest BCUT2D eigenvalue weighted by Crippen LogP contribution is 2.19. The van der Waals surface area contributed by atoms with E-state index in [1.54, 1.807) is 20.3 Å². The Morgan fingerprint density at radius 1 is 1.25 bits per heavy atom. The van der Waals surface area contributed by atoms with Crippen LogP contribution in [0.15, 0.2) is 35.1 Å². The first-order valence-corrected chi connectivity index (χ1v) is 9.15. The van der Waals surface area contributed by atoms with E-state index >= 15 is 0 Å². The number of nitrogens with one attached hydrogen (secondary N) is 1. The normalized spacial score (nSPS) is 12.2.